The quantitative estimate of drug-likeness (QED) is 0.891. The van der Waals surface area contributed by atoms with Gasteiger partial charge in [-0.3, -0.25) is 14.7 Å². The summed E-state index contributed by atoms with van der Waals surface area (Å²) in [5.74, 6) is -0.813. The number of amides is 2. The number of nitrogens with zero attached hydrogens (tertiary/aromatic N) is 2. The predicted molar refractivity (Wildman–Crippen MR) is 79.2 cm³/mol. The smallest absolute Gasteiger partial charge is 0.321 e. The number of pyridine rings is 1. The summed E-state index contributed by atoms with van der Waals surface area (Å²) in [6, 6.07) is 3.22. The SMILES string of the molecule is CN(C(=O)NCC1(C(=O)O)CCCCC1)c1cccnc1. The fraction of sp³-hybridized carbons (Fsp3) is 0.533. The second-order valence-electron chi connectivity index (χ2n) is 5.58. The molecule has 1 saturated carbocycles. The van der Waals surface area contributed by atoms with Crippen LogP contribution in [0, 0.1) is 5.41 Å². The van der Waals surface area contributed by atoms with Gasteiger partial charge in [-0.25, -0.2) is 4.79 Å². The van der Waals surface area contributed by atoms with Crippen molar-refractivity contribution in [3.05, 3.63) is 24.5 Å². The van der Waals surface area contributed by atoms with Gasteiger partial charge in [-0.15, -0.1) is 0 Å². The zero-order valence-electron chi connectivity index (χ0n) is 12.2. The molecule has 0 aliphatic heterocycles. The van der Waals surface area contributed by atoms with E-state index in [2.05, 4.69) is 10.3 Å². The van der Waals surface area contributed by atoms with Crippen molar-refractivity contribution in [1.29, 1.82) is 0 Å². The minimum atomic E-state index is -0.816. The third-order valence-corrected chi connectivity index (χ3v) is 4.18. The Morgan fingerprint density at radius 2 is 2.10 bits per heavy atom. The van der Waals surface area contributed by atoms with Crippen LogP contribution in [0.5, 0.6) is 0 Å². The molecule has 114 valence electrons. The first-order valence-electron chi connectivity index (χ1n) is 7.20. The lowest BCUT2D eigenvalue weighted by atomic mass is 9.74. The van der Waals surface area contributed by atoms with E-state index < -0.39 is 11.4 Å². The molecule has 1 aromatic heterocycles. The fourth-order valence-electron chi connectivity index (χ4n) is 2.73. The van der Waals surface area contributed by atoms with E-state index in [1.807, 2.05) is 0 Å². The summed E-state index contributed by atoms with van der Waals surface area (Å²) in [7, 11) is 1.64. The van der Waals surface area contributed by atoms with Crippen LogP contribution in [0.4, 0.5) is 10.5 Å². The number of urea groups is 1. The standard InChI is InChI=1S/C15H21N3O3/c1-18(12-6-5-9-16-10-12)14(21)17-11-15(13(19)20)7-3-2-4-8-15/h5-6,9-10H,2-4,7-8,11H2,1H3,(H,17,21)(H,19,20). The average Bonchev–Trinajstić information content (AvgIpc) is 2.53. The lowest BCUT2D eigenvalue weighted by Crippen LogP contribution is -2.47. The Morgan fingerprint density at radius 1 is 1.38 bits per heavy atom. The van der Waals surface area contributed by atoms with Gasteiger partial charge in [0.05, 0.1) is 17.3 Å². The van der Waals surface area contributed by atoms with Crippen LogP contribution in [0.3, 0.4) is 0 Å². The summed E-state index contributed by atoms with van der Waals surface area (Å²) in [6.07, 6.45) is 7.35. The van der Waals surface area contributed by atoms with Gasteiger partial charge in [-0.2, -0.15) is 0 Å². The molecule has 1 heterocycles. The number of nitrogens with one attached hydrogen (secondary N) is 1. The van der Waals surface area contributed by atoms with Crippen LogP contribution in [0.2, 0.25) is 0 Å². The normalized spacial score (nSPS) is 17.0. The highest BCUT2D eigenvalue weighted by molar-refractivity contribution is 5.91. The van der Waals surface area contributed by atoms with E-state index in [-0.39, 0.29) is 12.6 Å². The largest absolute Gasteiger partial charge is 0.481 e. The maximum Gasteiger partial charge on any atom is 0.321 e. The minimum Gasteiger partial charge on any atom is -0.481 e. The van der Waals surface area contributed by atoms with Gasteiger partial charge in [-0.1, -0.05) is 19.3 Å². The van der Waals surface area contributed by atoms with Gasteiger partial charge in [0.1, 0.15) is 0 Å². The molecule has 0 aromatic carbocycles. The number of aromatic nitrogens is 1. The van der Waals surface area contributed by atoms with Crippen molar-refractivity contribution in [2.24, 2.45) is 5.41 Å². The Labute approximate surface area is 124 Å². The zero-order valence-corrected chi connectivity index (χ0v) is 12.2. The van der Waals surface area contributed by atoms with Crippen LogP contribution in [0.15, 0.2) is 24.5 Å². The summed E-state index contributed by atoms with van der Waals surface area (Å²) in [5.41, 5.74) is -0.146. The number of rotatable bonds is 4. The maximum atomic E-state index is 12.1. The van der Waals surface area contributed by atoms with Gasteiger partial charge >= 0.3 is 12.0 Å². The highest BCUT2D eigenvalue weighted by atomic mass is 16.4. The van der Waals surface area contributed by atoms with Crippen LogP contribution in [0.25, 0.3) is 0 Å². The van der Waals surface area contributed by atoms with Crippen LogP contribution in [0.1, 0.15) is 32.1 Å². The Morgan fingerprint density at radius 3 is 2.67 bits per heavy atom. The van der Waals surface area contributed by atoms with Crippen molar-refractivity contribution in [3.8, 4) is 0 Å². The van der Waals surface area contributed by atoms with Crippen molar-refractivity contribution in [3.63, 3.8) is 0 Å². The second kappa shape index (κ2) is 6.56. The number of carboxylic acids is 1. The third kappa shape index (κ3) is 3.51. The van der Waals surface area contributed by atoms with E-state index in [0.717, 1.165) is 19.3 Å². The lowest BCUT2D eigenvalue weighted by Gasteiger charge is -2.33. The molecule has 1 fully saturated rings. The molecular weight excluding hydrogens is 270 g/mol. The molecule has 0 saturated heterocycles. The monoisotopic (exact) mass is 291 g/mol. The van der Waals surface area contributed by atoms with Crippen LogP contribution in [-0.4, -0.2) is 35.7 Å². The first-order valence-corrected chi connectivity index (χ1v) is 7.20. The first kappa shape index (κ1) is 15.3. The van der Waals surface area contributed by atoms with E-state index in [4.69, 9.17) is 0 Å². The number of aliphatic carboxylic acids is 1. The second-order valence-corrected chi connectivity index (χ2v) is 5.58. The summed E-state index contributed by atoms with van der Waals surface area (Å²) < 4.78 is 0. The van der Waals surface area contributed by atoms with Crippen LogP contribution < -0.4 is 10.2 Å². The van der Waals surface area contributed by atoms with Crippen molar-refractivity contribution in [1.82, 2.24) is 10.3 Å². The van der Waals surface area contributed by atoms with Crippen LogP contribution in [-0.2, 0) is 4.79 Å². The Bertz CT molecular complexity index is 498. The molecule has 0 atom stereocenters. The molecule has 6 heteroatoms. The van der Waals surface area contributed by atoms with Gasteiger partial charge in [0.15, 0.2) is 0 Å². The molecule has 0 radical (unpaired) electrons. The number of hydrogen-bond acceptors (Lipinski definition) is 3. The van der Waals surface area contributed by atoms with E-state index in [1.165, 1.54) is 4.90 Å². The Hall–Kier alpha value is -2.11. The Balaban J connectivity index is 1.97. The summed E-state index contributed by atoms with van der Waals surface area (Å²) >= 11 is 0. The highest BCUT2D eigenvalue weighted by Crippen LogP contribution is 2.36. The van der Waals surface area contributed by atoms with Gasteiger partial charge in [0, 0.05) is 19.8 Å². The van der Waals surface area contributed by atoms with Crippen molar-refractivity contribution in [2.75, 3.05) is 18.5 Å². The molecule has 21 heavy (non-hydrogen) atoms. The Kier molecular flexibility index (Phi) is 4.77. The highest BCUT2D eigenvalue weighted by Gasteiger charge is 2.40. The van der Waals surface area contributed by atoms with Crippen molar-refractivity contribution < 1.29 is 14.7 Å². The molecule has 1 aromatic rings. The molecule has 0 unspecified atom stereocenters. The van der Waals surface area contributed by atoms with Crippen molar-refractivity contribution >= 4 is 17.7 Å². The molecule has 2 rings (SSSR count). The number of carbonyl (C=O) groups is 2. The average molecular weight is 291 g/mol. The van der Waals surface area contributed by atoms with Gasteiger partial charge in [0.25, 0.3) is 0 Å². The number of carboxylic acid groups (broad SMARTS) is 1. The molecule has 2 N–H and O–H groups in total. The third-order valence-electron chi connectivity index (χ3n) is 4.18. The summed E-state index contributed by atoms with van der Waals surface area (Å²) in [5, 5.41) is 12.2. The van der Waals surface area contributed by atoms with E-state index in [1.54, 1.807) is 31.6 Å². The van der Waals surface area contributed by atoms with E-state index in [9.17, 15) is 14.7 Å². The maximum absolute atomic E-state index is 12.1. The summed E-state index contributed by atoms with van der Waals surface area (Å²) in [6.45, 7) is 0.172. The lowest BCUT2D eigenvalue weighted by molar-refractivity contribution is -0.150. The predicted octanol–water partition coefficient (Wildman–Crippen LogP) is 2.26. The molecule has 0 spiro atoms. The van der Waals surface area contributed by atoms with E-state index in [0.29, 0.717) is 18.5 Å². The molecule has 0 bridgehead atoms. The summed E-state index contributed by atoms with van der Waals surface area (Å²) in [4.78, 5) is 29.1. The number of anilines is 1. The number of hydrogen-bond donors (Lipinski definition) is 2. The molecule has 2 amide bonds. The minimum absolute atomic E-state index is 0.172. The molecule has 1 aliphatic carbocycles. The number of carbonyl (C=O) groups excluding carboxylic acids is 1. The van der Waals surface area contributed by atoms with Gasteiger partial charge in [-0.05, 0) is 25.0 Å². The first-order chi connectivity index (χ1) is 10.1. The molecular formula is C15H21N3O3. The van der Waals surface area contributed by atoms with Crippen molar-refractivity contribution in [2.45, 2.75) is 32.1 Å². The zero-order chi connectivity index (χ0) is 15.3. The van der Waals surface area contributed by atoms with Crippen LogP contribution >= 0.6 is 0 Å². The topological polar surface area (TPSA) is 82.5 Å². The van der Waals surface area contributed by atoms with Gasteiger partial charge in [0.2, 0.25) is 0 Å². The van der Waals surface area contributed by atoms with E-state index >= 15 is 0 Å². The molecule has 6 nitrogen and oxygen atoms in total. The van der Waals surface area contributed by atoms with Gasteiger partial charge < -0.3 is 10.4 Å². The molecule has 1 aliphatic rings. The fourth-order valence-corrected chi connectivity index (χ4v) is 2.73.